The van der Waals surface area contributed by atoms with Gasteiger partial charge in [0.1, 0.15) is 19.2 Å². The van der Waals surface area contributed by atoms with Gasteiger partial charge in [-0.2, -0.15) is 0 Å². The Bertz CT molecular complexity index is 1320. The number of aryl methyl sites for hydroxylation is 2. The zero-order valence-electron chi connectivity index (χ0n) is 22.1. The summed E-state index contributed by atoms with van der Waals surface area (Å²) in [6, 6.07) is 4.31. The van der Waals surface area contributed by atoms with Crippen molar-refractivity contribution < 1.29 is 14.3 Å². The molecule has 4 aliphatic carbocycles. The molecule has 36 heavy (non-hydrogen) atoms. The first-order valence-electron chi connectivity index (χ1n) is 13.7. The zero-order valence-corrected chi connectivity index (χ0v) is 22.1. The molecule has 1 heterocycles. The van der Waals surface area contributed by atoms with Crippen molar-refractivity contribution in [3.8, 4) is 0 Å². The third-order valence-corrected chi connectivity index (χ3v) is 10.5. The minimum atomic E-state index is -0.369. The van der Waals surface area contributed by atoms with Crippen molar-refractivity contribution in [2.75, 3.05) is 6.61 Å². The molecule has 6 rings (SSSR count). The van der Waals surface area contributed by atoms with Crippen LogP contribution in [0.3, 0.4) is 0 Å². The molecule has 190 valence electrons. The summed E-state index contributed by atoms with van der Waals surface area (Å²) in [6.07, 6.45) is 14.5. The minimum Gasteiger partial charge on any atom is -0.465 e. The Morgan fingerprint density at radius 1 is 1.19 bits per heavy atom. The molecule has 0 radical (unpaired) electrons. The van der Waals surface area contributed by atoms with Crippen molar-refractivity contribution in [3.05, 3.63) is 46.8 Å². The maximum Gasteiger partial charge on any atom is 0.302 e. The predicted octanol–water partition coefficient (Wildman–Crippen LogP) is 6.57. The lowest BCUT2D eigenvalue weighted by Gasteiger charge is -2.57. The highest BCUT2D eigenvalue weighted by Gasteiger charge is 2.60. The van der Waals surface area contributed by atoms with E-state index in [1.807, 2.05) is 6.33 Å². The van der Waals surface area contributed by atoms with Gasteiger partial charge in [0.25, 0.3) is 0 Å². The number of esters is 1. The summed E-state index contributed by atoms with van der Waals surface area (Å²) in [5.41, 5.74) is 7.85. The van der Waals surface area contributed by atoms with Gasteiger partial charge in [-0.3, -0.25) is 9.59 Å². The number of allylic oxidation sites excluding steroid dienone is 3. The molecule has 4 aliphatic rings. The number of carbonyl (C=O) groups excluding carboxylic acids is 2. The number of rotatable bonds is 4. The summed E-state index contributed by atoms with van der Waals surface area (Å²) in [4.78, 5) is 29.5. The van der Waals surface area contributed by atoms with Crippen LogP contribution in [0.2, 0.25) is 0 Å². The first-order valence-corrected chi connectivity index (χ1v) is 13.7. The van der Waals surface area contributed by atoms with E-state index in [-0.39, 0.29) is 22.7 Å². The van der Waals surface area contributed by atoms with Gasteiger partial charge in [-0.15, -0.1) is 0 Å². The summed E-state index contributed by atoms with van der Waals surface area (Å²) >= 11 is 0. The van der Waals surface area contributed by atoms with Crippen LogP contribution in [0, 0.1) is 42.4 Å². The summed E-state index contributed by atoms with van der Waals surface area (Å²) in [5.74, 6) is 1.15. The van der Waals surface area contributed by atoms with Crippen LogP contribution in [0.4, 0.5) is 0 Å². The summed E-state index contributed by atoms with van der Waals surface area (Å²) in [5, 5.41) is 0. The van der Waals surface area contributed by atoms with Gasteiger partial charge in [-0.1, -0.05) is 25.0 Å². The summed E-state index contributed by atoms with van der Waals surface area (Å²) in [7, 11) is 0. The highest BCUT2D eigenvalue weighted by molar-refractivity contribution is 5.91. The van der Waals surface area contributed by atoms with Gasteiger partial charge in [0, 0.05) is 23.6 Å². The fourth-order valence-electron chi connectivity index (χ4n) is 8.63. The van der Waals surface area contributed by atoms with Crippen LogP contribution in [0.5, 0.6) is 0 Å². The first kappa shape index (κ1) is 23.7. The molecule has 2 saturated carbocycles. The van der Waals surface area contributed by atoms with E-state index in [0.29, 0.717) is 18.4 Å². The third-order valence-electron chi connectivity index (χ3n) is 10.5. The molecule has 0 spiro atoms. The average molecular weight is 487 g/mol. The number of imidazole rings is 1. The van der Waals surface area contributed by atoms with Gasteiger partial charge in [-0.05, 0) is 105 Å². The summed E-state index contributed by atoms with van der Waals surface area (Å²) < 4.78 is 7.99. The molecule has 0 aliphatic heterocycles. The van der Waals surface area contributed by atoms with Crippen LogP contribution in [0.25, 0.3) is 16.7 Å². The fourth-order valence-corrected chi connectivity index (χ4v) is 8.63. The Labute approximate surface area is 214 Å². The molecule has 2 aromatic rings. The van der Waals surface area contributed by atoms with E-state index >= 15 is 0 Å². The molecule has 5 nitrogen and oxygen atoms in total. The van der Waals surface area contributed by atoms with E-state index < -0.39 is 0 Å². The van der Waals surface area contributed by atoms with Gasteiger partial charge in [0.05, 0.1) is 11.0 Å². The van der Waals surface area contributed by atoms with Gasteiger partial charge in [-0.25, -0.2) is 4.98 Å². The van der Waals surface area contributed by atoms with Crippen molar-refractivity contribution >= 4 is 29.0 Å². The molecule has 1 aromatic heterocycles. The lowest BCUT2D eigenvalue weighted by molar-refractivity contribution is -0.147. The van der Waals surface area contributed by atoms with Crippen molar-refractivity contribution in [2.45, 2.75) is 79.1 Å². The number of aldehydes is 1. The molecule has 5 heteroatoms. The molecule has 0 amide bonds. The molecule has 0 bridgehead atoms. The number of nitrogens with zero attached hydrogens (tertiary/aromatic N) is 2. The van der Waals surface area contributed by atoms with E-state index in [0.717, 1.165) is 54.3 Å². The summed E-state index contributed by atoms with van der Waals surface area (Å²) in [6.45, 7) is 8.56. The lowest BCUT2D eigenvalue weighted by atomic mass is 9.47. The smallest absolute Gasteiger partial charge is 0.302 e. The van der Waals surface area contributed by atoms with Gasteiger partial charge < -0.3 is 9.30 Å². The number of ether oxygens (including phenoxy) is 1. The van der Waals surface area contributed by atoms with Crippen molar-refractivity contribution in [1.29, 1.82) is 0 Å². The normalized spacial score (nSPS) is 33.6. The molecule has 2 fully saturated rings. The zero-order chi connectivity index (χ0) is 25.2. The fraction of sp³-hybridized carbons (Fsp3) is 0.581. The maximum atomic E-state index is 12.6. The topological polar surface area (TPSA) is 61.2 Å². The monoisotopic (exact) mass is 486 g/mol. The van der Waals surface area contributed by atoms with E-state index in [9.17, 15) is 9.59 Å². The van der Waals surface area contributed by atoms with Crippen LogP contribution < -0.4 is 0 Å². The van der Waals surface area contributed by atoms with Crippen LogP contribution in [0.15, 0.2) is 35.7 Å². The number of carbonyl (C=O) groups is 2. The third kappa shape index (κ3) is 3.30. The number of fused-ring (bicyclic) bond motifs is 6. The van der Waals surface area contributed by atoms with Crippen molar-refractivity contribution in [3.63, 3.8) is 0 Å². The average Bonchev–Trinajstić information content (AvgIpc) is 3.40. The van der Waals surface area contributed by atoms with Crippen LogP contribution >= 0.6 is 0 Å². The molecule has 1 aromatic carbocycles. The highest BCUT2D eigenvalue weighted by atomic mass is 16.5. The second-order valence-electron chi connectivity index (χ2n) is 12.2. The number of hydrogen-bond donors (Lipinski definition) is 0. The van der Waals surface area contributed by atoms with E-state index in [4.69, 9.17) is 9.72 Å². The standard InChI is InChI=1S/C31H38N2O3/c1-19-13-27-28(14-20(19)2)33(18-32-27)29-22(16-34)15-26-24-9-8-23-7-5-6-11-30(23,4)25(24)10-12-31(26,29)17-36-21(3)35/h8,13-14,16,18,24-26H,5-7,9-12,15,17H2,1-4H3/t24-,25+,26+,30+,31-/m1/s1. The van der Waals surface area contributed by atoms with Crippen molar-refractivity contribution in [1.82, 2.24) is 9.55 Å². The Balaban J connectivity index is 1.49. The molecule has 0 saturated heterocycles. The first-order chi connectivity index (χ1) is 17.3. The maximum absolute atomic E-state index is 12.6. The van der Waals surface area contributed by atoms with Gasteiger partial charge in [0.2, 0.25) is 0 Å². The van der Waals surface area contributed by atoms with Crippen LogP contribution in [-0.2, 0) is 14.3 Å². The van der Waals surface area contributed by atoms with E-state index in [1.165, 1.54) is 43.7 Å². The Kier molecular flexibility index (Phi) is 5.55. The molecular formula is C31H38N2O3. The minimum absolute atomic E-state index is 0.254. The second kappa shape index (κ2) is 8.43. The van der Waals surface area contributed by atoms with E-state index in [1.54, 1.807) is 5.57 Å². The Hall–Kier alpha value is -2.69. The number of hydrogen-bond acceptors (Lipinski definition) is 4. The van der Waals surface area contributed by atoms with Crippen LogP contribution in [0.1, 0.15) is 76.3 Å². The largest absolute Gasteiger partial charge is 0.465 e. The SMILES string of the molecule is CC(=O)OC[C@]12CC[C@H]3[C@@H](CC=C4CCCC[C@@]43C)[C@@H]1CC(C=O)=C2n1cnc2cc(C)c(C)cc21. The quantitative estimate of drug-likeness (QED) is 0.279. The number of benzene rings is 1. The van der Waals surface area contributed by atoms with Gasteiger partial charge >= 0.3 is 5.97 Å². The lowest BCUT2D eigenvalue weighted by Crippen LogP contribution is -2.51. The number of aromatic nitrogens is 2. The predicted molar refractivity (Wildman–Crippen MR) is 141 cm³/mol. The van der Waals surface area contributed by atoms with E-state index in [2.05, 4.69) is 43.5 Å². The molecule has 0 unspecified atom stereocenters. The molecule has 5 atom stereocenters. The molecular weight excluding hydrogens is 448 g/mol. The molecule has 0 N–H and O–H groups in total. The Morgan fingerprint density at radius 2 is 2.00 bits per heavy atom. The van der Waals surface area contributed by atoms with Crippen LogP contribution in [-0.4, -0.2) is 28.4 Å². The Morgan fingerprint density at radius 3 is 2.78 bits per heavy atom. The van der Waals surface area contributed by atoms with Gasteiger partial charge in [0.15, 0.2) is 0 Å². The highest BCUT2D eigenvalue weighted by Crippen LogP contribution is 2.67. The second-order valence-corrected chi connectivity index (χ2v) is 12.2. The van der Waals surface area contributed by atoms with Crippen molar-refractivity contribution in [2.24, 2.45) is 28.6 Å².